The smallest absolute Gasteiger partial charge is 0.418 e. The van der Waals surface area contributed by atoms with Gasteiger partial charge in [-0.05, 0) is 48.4 Å². The van der Waals surface area contributed by atoms with Crippen LogP contribution in [0.3, 0.4) is 0 Å². The van der Waals surface area contributed by atoms with Crippen molar-refractivity contribution in [3.63, 3.8) is 0 Å². The van der Waals surface area contributed by atoms with Crippen LogP contribution < -0.4 is 20.1 Å². The number of hydrogen-bond acceptors (Lipinski definition) is 6. The molecule has 0 bridgehead atoms. The maximum absolute atomic E-state index is 13.2. The zero-order chi connectivity index (χ0) is 26.1. The molecule has 3 aromatic rings. The number of carbonyl (C=O) groups excluding carboxylic acids is 2. The number of amides is 2. The van der Waals surface area contributed by atoms with E-state index in [1.165, 1.54) is 24.4 Å². The number of carbonyl (C=O) groups is 2. The predicted octanol–water partition coefficient (Wildman–Crippen LogP) is 4.82. The Bertz CT molecular complexity index is 1220. The molecule has 11 heteroatoms. The Kier molecular flexibility index (Phi) is 9.18. The van der Waals surface area contributed by atoms with Gasteiger partial charge < -0.3 is 20.1 Å². The molecule has 0 saturated carbocycles. The summed E-state index contributed by atoms with van der Waals surface area (Å²) in [6.45, 7) is 0.335. The van der Waals surface area contributed by atoms with Crippen LogP contribution in [0.2, 0.25) is 0 Å². The standard InChI is InChI=1S/C25H24F3N3O4S/c1-34-20-10-9-16(14-21(20)35-2)11-13-29-23(33)17-6-5-12-30-24(17)36-15-22(32)31-19-8-4-3-7-18(19)25(26,27)28/h3-10,12,14H,11,13,15H2,1-2H3,(H,29,33)(H,31,32). The molecule has 0 fully saturated rings. The van der Waals surface area contributed by atoms with E-state index in [1.54, 1.807) is 32.4 Å². The maximum atomic E-state index is 13.2. The van der Waals surface area contributed by atoms with Gasteiger partial charge in [0.25, 0.3) is 5.91 Å². The van der Waals surface area contributed by atoms with Crippen LogP contribution in [-0.2, 0) is 17.4 Å². The van der Waals surface area contributed by atoms with Crippen molar-refractivity contribution in [2.24, 2.45) is 0 Å². The van der Waals surface area contributed by atoms with E-state index in [1.807, 2.05) is 12.1 Å². The third-order valence-electron chi connectivity index (χ3n) is 5.01. The number of rotatable bonds is 10. The molecule has 0 unspecified atom stereocenters. The molecule has 36 heavy (non-hydrogen) atoms. The number of nitrogens with zero attached hydrogens (tertiary/aromatic N) is 1. The van der Waals surface area contributed by atoms with Crippen LogP contribution in [0, 0.1) is 0 Å². The molecule has 0 atom stereocenters. The highest BCUT2D eigenvalue weighted by atomic mass is 32.2. The Morgan fingerprint density at radius 3 is 2.47 bits per heavy atom. The molecular weight excluding hydrogens is 495 g/mol. The Balaban J connectivity index is 1.58. The lowest BCUT2D eigenvalue weighted by Gasteiger charge is -2.13. The van der Waals surface area contributed by atoms with E-state index < -0.39 is 17.6 Å². The topological polar surface area (TPSA) is 89.5 Å². The lowest BCUT2D eigenvalue weighted by Crippen LogP contribution is -2.26. The molecule has 0 radical (unpaired) electrons. The molecule has 2 N–H and O–H groups in total. The molecule has 1 aromatic heterocycles. The second-order valence-electron chi connectivity index (χ2n) is 7.43. The number of ether oxygens (including phenoxy) is 2. The Labute approximate surface area is 210 Å². The highest BCUT2D eigenvalue weighted by Crippen LogP contribution is 2.34. The van der Waals surface area contributed by atoms with E-state index in [9.17, 15) is 22.8 Å². The van der Waals surface area contributed by atoms with Gasteiger partial charge in [0.1, 0.15) is 5.03 Å². The highest BCUT2D eigenvalue weighted by molar-refractivity contribution is 8.00. The van der Waals surface area contributed by atoms with Gasteiger partial charge >= 0.3 is 6.18 Å². The molecule has 2 amide bonds. The molecule has 0 aliphatic carbocycles. The van der Waals surface area contributed by atoms with Gasteiger partial charge in [-0.2, -0.15) is 13.2 Å². The molecule has 3 rings (SSSR count). The molecular formula is C25H24F3N3O4S. The van der Waals surface area contributed by atoms with Crippen molar-refractivity contribution in [3.05, 3.63) is 77.5 Å². The fourth-order valence-corrected chi connectivity index (χ4v) is 4.08. The molecule has 0 aliphatic rings. The third kappa shape index (κ3) is 7.14. The van der Waals surface area contributed by atoms with Gasteiger partial charge in [0.2, 0.25) is 5.91 Å². The maximum Gasteiger partial charge on any atom is 0.418 e. The average molecular weight is 520 g/mol. The second-order valence-corrected chi connectivity index (χ2v) is 8.40. The normalized spacial score (nSPS) is 11.0. The van der Waals surface area contributed by atoms with Crippen LogP contribution in [-0.4, -0.2) is 43.3 Å². The average Bonchev–Trinajstić information content (AvgIpc) is 2.87. The Hall–Kier alpha value is -3.73. The van der Waals surface area contributed by atoms with Crippen molar-refractivity contribution in [3.8, 4) is 11.5 Å². The van der Waals surface area contributed by atoms with E-state index in [-0.39, 0.29) is 22.9 Å². The predicted molar refractivity (Wildman–Crippen MR) is 131 cm³/mol. The Morgan fingerprint density at radius 1 is 1.00 bits per heavy atom. The lowest BCUT2D eigenvalue weighted by molar-refractivity contribution is -0.137. The van der Waals surface area contributed by atoms with Crippen molar-refractivity contribution >= 4 is 29.3 Å². The highest BCUT2D eigenvalue weighted by Gasteiger charge is 2.33. The van der Waals surface area contributed by atoms with Gasteiger partial charge in [0.05, 0.1) is 36.8 Å². The third-order valence-corrected chi connectivity index (χ3v) is 6.01. The van der Waals surface area contributed by atoms with Crippen LogP contribution >= 0.6 is 11.8 Å². The van der Waals surface area contributed by atoms with E-state index in [0.717, 1.165) is 23.4 Å². The number of pyridine rings is 1. The summed E-state index contributed by atoms with van der Waals surface area (Å²) in [5.74, 6) is -0.0671. The Morgan fingerprint density at radius 2 is 1.75 bits per heavy atom. The van der Waals surface area contributed by atoms with Gasteiger partial charge in [-0.1, -0.05) is 30.0 Å². The summed E-state index contributed by atoms with van der Waals surface area (Å²) in [6, 6.07) is 13.4. The summed E-state index contributed by atoms with van der Waals surface area (Å²) >= 11 is 0.959. The number of nitrogens with one attached hydrogen (secondary N) is 2. The van der Waals surface area contributed by atoms with Gasteiger partial charge in [-0.3, -0.25) is 9.59 Å². The van der Waals surface area contributed by atoms with Gasteiger partial charge in [-0.15, -0.1) is 0 Å². The van der Waals surface area contributed by atoms with Crippen LogP contribution in [0.4, 0.5) is 18.9 Å². The second kappa shape index (κ2) is 12.3. The van der Waals surface area contributed by atoms with E-state index in [4.69, 9.17) is 9.47 Å². The van der Waals surface area contributed by atoms with Crippen molar-refractivity contribution in [1.29, 1.82) is 0 Å². The fraction of sp³-hybridized carbons (Fsp3) is 0.240. The SMILES string of the molecule is COc1ccc(CCNC(=O)c2cccnc2SCC(=O)Nc2ccccc2C(F)(F)F)cc1OC. The number of halogens is 3. The zero-order valence-corrected chi connectivity index (χ0v) is 20.3. The summed E-state index contributed by atoms with van der Waals surface area (Å²) < 4.78 is 50.0. The first-order valence-corrected chi connectivity index (χ1v) is 11.7. The molecule has 190 valence electrons. The number of aromatic nitrogens is 1. The van der Waals surface area contributed by atoms with E-state index in [0.29, 0.717) is 29.5 Å². The number of alkyl halides is 3. The minimum Gasteiger partial charge on any atom is -0.493 e. The van der Waals surface area contributed by atoms with Crippen molar-refractivity contribution in [2.45, 2.75) is 17.6 Å². The zero-order valence-electron chi connectivity index (χ0n) is 19.5. The molecule has 0 saturated heterocycles. The largest absolute Gasteiger partial charge is 0.493 e. The molecule has 7 nitrogen and oxygen atoms in total. The van der Waals surface area contributed by atoms with Crippen molar-refractivity contribution in [2.75, 3.05) is 31.8 Å². The summed E-state index contributed by atoms with van der Waals surface area (Å²) in [4.78, 5) is 29.2. The first-order chi connectivity index (χ1) is 17.2. The number of benzene rings is 2. The van der Waals surface area contributed by atoms with Crippen molar-refractivity contribution in [1.82, 2.24) is 10.3 Å². The lowest BCUT2D eigenvalue weighted by atomic mass is 10.1. The van der Waals surface area contributed by atoms with Gasteiger partial charge in [-0.25, -0.2) is 4.98 Å². The van der Waals surface area contributed by atoms with Crippen LogP contribution in [0.25, 0.3) is 0 Å². The minimum absolute atomic E-state index is 0.227. The first kappa shape index (κ1) is 26.9. The van der Waals surface area contributed by atoms with Gasteiger partial charge in [0.15, 0.2) is 11.5 Å². The number of thioether (sulfide) groups is 1. The van der Waals surface area contributed by atoms with Gasteiger partial charge in [0, 0.05) is 12.7 Å². The van der Waals surface area contributed by atoms with Crippen LogP contribution in [0.5, 0.6) is 11.5 Å². The first-order valence-electron chi connectivity index (χ1n) is 10.8. The van der Waals surface area contributed by atoms with Crippen LogP contribution in [0.15, 0.2) is 65.8 Å². The summed E-state index contributed by atoms with van der Waals surface area (Å²) in [7, 11) is 3.09. The molecule has 0 aliphatic heterocycles. The number of para-hydroxylation sites is 1. The minimum atomic E-state index is -4.60. The van der Waals surface area contributed by atoms with Crippen LogP contribution in [0.1, 0.15) is 21.5 Å². The summed E-state index contributed by atoms with van der Waals surface area (Å²) in [5.41, 5.74) is -0.0664. The van der Waals surface area contributed by atoms with E-state index in [2.05, 4.69) is 15.6 Å². The monoisotopic (exact) mass is 519 g/mol. The number of methoxy groups -OCH3 is 2. The van der Waals surface area contributed by atoms with E-state index >= 15 is 0 Å². The quantitative estimate of drug-likeness (QED) is 0.374. The number of anilines is 1. The molecule has 2 aromatic carbocycles. The fourth-order valence-electron chi connectivity index (χ4n) is 3.29. The molecule has 0 spiro atoms. The summed E-state index contributed by atoms with van der Waals surface area (Å²) in [5, 5.41) is 5.39. The molecule has 1 heterocycles. The number of hydrogen-bond donors (Lipinski definition) is 2. The van der Waals surface area contributed by atoms with Crippen molar-refractivity contribution < 1.29 is 32.2 Å². The summed E-state index contributed by atoms with van der Waals surface area (Å²) in [6.07, 6.45) is -2.59.